The van der Waals surface area contributed by atoms with Crippen LogP contribution in [0.5, 0.6) is 0 Å². The van der Waals surface area contributed by atoms with Crippen LogP contribution in [0.25, 0.3) is 0 Å². The molecule has 0 unspecified atom stereocenters. The predicted molar refractivity (Wildman–Crippen MR) is 118 cm³/mol. The van der Waals surface area contributed by atoms with Crippen molar-refractivity contribution in [3.63, 3.8) is 0 Å². The lowest BCUT2D eigenvalue weighted by Crippen LogP contribution is -2.40. The summed E-state index contributed by atoms with van der Waals surface area (Å²) in [7, 11) is 3.96. The summed E-state index contributed by atoms with van der Waals surface area (Å²) in [4.78, 5) is 13.8. The van der Waals surface area contributed by atoms with Crippen LogP contribution in [0.2, 0.25) is 5.02 Å². The first-order valence-corrected chi connectivity index (χ1v) is 10.7. The number of nitrogens with one attached hydrogen (secondary N) is 1. The zero-order valence-electron chi connectivity index (χ0n) is 17.7. The third kappa shape index (κ3) is 6.18. The molecule has 1 aliphatic heterocycles. The summed E-state index contributed by atoms with van der Waals surface area (Å²) in [6.07, 6.45) is 3.92. The number of hydrogen-bond donors (Lipinski definition) is 1. The molecule has 0 spiro atoms. The lowest BCUT2D eigenvalue weighted by molar-refractivity contribution is 0.180. The van der Waals surface area contributed by atoms with E-state index in [1.807, 2.05) is 26.2 Å². The Morgan fingerprint density at radius 1 is 1.31 bits per heavy atom. The predicted octanol–water partition coefficient (Wildman–Crippen LogP) is 2.78. The van der Waals surface area contributed by atoms with Crippen molar-refractivity contribution in [3.8, 4) is 0 Å². The molecule has 158 valence electrons. The van der Waals surface area contributed by atoms with Gasteiger partial charge in [-0.05, 0) is 50.4 Å². The van der Waals surface area contributed by atoms with Crippen LogP contribution in [0.15, 0.2) is 35.6 Å². The molecule has 1 aliphatic rings. The third-order valence-electron chi connectivity index (χ3n) is 5.44. The van der Waals surface area contributed by atoms with Crippen LogP contribution in [-0.4, -0.2) is 63.8 Å². The fourth-order valence-electron chi connectivity index (χ4n) is 3.63. The Hall–Kier alpha value is -2.12. The van der Waals surface area contributed by atoms with Gasteiger partial charge in [-0.1, -0.05) is 29.8 Å². The van der Waals surface area contributed by atoms with Crippen molar-refractivity contribution < 1.29 is 0 Å². The van der Waals surface area contributed by atoms with Crippen LogP contribution >= 0.6 is 11.6 Å². The van der Waals surface area contributed by atoms with Crippen molar-refractivity contribution >= 4 is 17.6 Å². The number of hydrogen-bond acceptors (Lipinski definition) is 4. The molecule has 0 amide bonds. The second-order valence-corrected chi connectivity index (χ2v) is 8.07. The maximum absolute atomic E-state index is 6.31. The van der Waals surface area contributed by atoms with E-state index >= 15 is 0 Å². The summed E-state index contributed by atoms with van der Waals surface area (Å²) in [5.74, 6) is 2.47. The molecule has 1 saturated heterocycles. The van der Waals surface area contributed by atoms with Crippen molar-refractivity contribution in [2.75, 3.05) is 33.2 Å². The van der Waals surface area contributed by atoms with Crippen LogP contribution in [0.3, 0.4) is 0 Å². The lowest BCUT2D eigenvalue weighted by atomic mass is 9.96. The smallest absolute Gasteiger partial charge is 0.194 e. The first kappa shape index (κ1) is 21.6. The maximum atomic E-state index is 6.31. The van der Waals surface area contributed by atoms with Gasteiger partial charge in [-0.25, -0.2) is 4.98 Å². The molecule has 1 aromatic heterocycles. The van der Waals surface area contributed by atoms with Gasteiger partial charge in [-0.3, -0.25) is 14.6 Å². The number of aliphatic imine (C=N–C) groups is 1. The van der Waals surface area contributed by atoms with Gasteiger partial charge in [0.25, 0.3) is 0 Å². The Balaban J connectivity index is 1.50. The normalized spacial score (nSPS) is 16.2. The SMILES string of the molecule is CCNC(=NCC1CCN(Cc2ccccc2Cl)CC1)N(C)Cc1ncnn1C. The monoisotopic (exact) mass is 417 g/mol. The number of guanidine groups is 1. The molecule has 0 bridgehead atoms. The van der Waals surface area contributed by atoms with Crippen LogP contribution in [0, 0.1) is 5.92 Å². The zero-order chi connectivity index (χ0) is 20.6. The second-order valence-electron chi connectivity index (χ2n) is 7.66. The highest BCUT2D eigenvalue weighted by Gasteiger charge is 2.20. The number of rotatable bonds is 7. The molecule has 1 aromatic carbocycles. The number of aromatic nitrogens is 3. The summed E-state index contributed by atoms with van der Waals surface area (Å²) in [5, 5.41) is 8.40. The Morgan fingerprint density at radius 2 is 2.07 bits per heavy atom. The van der Waals surface area contributed by atoms with Gasteiger partial charge in [-0.15, -0.1) is 0 Å². The fraction of sp³-hybridized carbons (Fsp3) is 0.571. The zero-order valence-corrected chi connectivity index (χ0v) is 18.4. The topological polar surface area (TPSA) is 61.6 Å². The number of nitrogens with zero attached hydrogens (tertiary/aromatic N) is 6. The van der Waals surface area contributed by atoms with E-state index in [9.17, 15) is 0 Å². The molecule has 0 atom stereocenters. The van der Waals surface area contributed by atoms with Gasteiger partial charge in [-0.2, -0.15) is 5.10 Å². The average molecular weight is 418 g/mol. The van der Waals surface area contributed by atoms with Crippen LogP contribution in [0.4, 0.5) is 0 Å². The Kier molecular flexibility index (Phi) is 7.89. The van der Waals surface area contributed by atoms with E-state index < -0.39 is 0 Å². The van der Waals surface area contributed by atoms with E-state index in [0.29, 0.717) is 12.5 Å². The number of piperidine rings is 1. The molecule has 1 fully saturated rings. The summed E-state index contributed by atoms with van der Waals surface area (Å²) >= 11 is 6.31. The highest BCUT2D eigenvalue weighted by atomic mass is 35.5. The van der Waals surface area contributed by atoms with Crippen LogP contribution < -0.4 is 5.32 Å². The summed E-state index contributed by atoms with van der Waals surface area (Å²) < 4.78 is 1.80. The van der Waals surface area contributed by atoms with E-state index in [2.05, 4.69) is 44.3 Å². The number of likely N-dealkylation sites (tertiary alicyclic amines) is 1. The van der Waals surface area contributed by atoms with Gasteiger partial charge in [0.05, 0.1) is 6.54 Å². The third-order valence-corrected chi connectivity index (χ3v) is 5.81. The molecule has 2 heterocycles. The molecule has 0 saturated carbocycles. The molecular weight excluding hydrogens is 386 g/mol. The summed E-state index contributed by atoms with van der Waals surface area (Å²) in [5.41, 5.74) is 1.21. The Bertz CT molecular complexity index is 796. The minimum absolute atomic E-state index is 0.620. The van der Waals surface area contributed by atoms with E-state index in [4.69, 9.17) is 16.6 Å². The van der Waals surface area contributed by atoms with Crippen molar-refractivity contribution in [2.24, 2.45) is 18.0 Å². The van der Waals surface area contributed by atoms with E-state index in [1.54, 1.807) is 11.0 Å². The molecule has 0 aliphatic carbocycles. The van der Waals surface area contributed by atoms with Gasteiger partial charge >= 0.3 is 0 Å². The molecule has 3 rings (SSSR count). The van der Waals surface area contributed by atoms with Gasteiger partial charge in [0, 0.05) is 38.8 Å². The standard InChI is InChI=1S/C21H32ClN7/c1-4-23-21(27(2)15-20-25-16-26-28(20)3)24-13-17-9-11-29(12-10-17)14-18-7-5-6-8-19(18)22/h5-8,16-17H,4,9-15H2,1-3H3,(H,23,24). The second kappa shape index (κ2) is 10.6. The summed E-state index contributed by atoms with van der Waals surface area (Å²) in [6, 6.07) is 8.13. The molecule has 29 heavy (non-hydrogen) atoms. The number of aryl methyl sites for hydroxylation is 1. The van der Waals surface area contributed by atoms with Gasteiger partial charge in [0.1, 0.15) is 12.2 Å². The number of benzene rings is 1. The van der Waals surface area contributed by atoms with E-state index in [0.717, 1.165) is 49.5 Å². The van der Waals surface area contributed by atoms with Crippen molar-refractivity contribution in [2.45, 2.75) is 32.9 Å². The number of halogens is 1. The fourth-order valence-corrected chi connectivity index (χ4v) is 3.83. The quantitative estimate of drug-likeness (QED) is 0.554. The molecular formula is C21H32ClN7. The largest absolute Gasteiger partial charge is 0.357 e. The average Bonchev–Trinajstić information content (AvgIpc) is 3.12. The van der Waals surface area contributed by atoms with Gasteiger partial charge in [0.15, 0.2) is 5.96 Å². The minimum atomic E-state index is 0.620. The highest BCUT2D eigenvalue weighted by Crippen LogP contribution is 2.22. The molecule has 8 heteroatoms. The maximum Gasteiger partial charge on any atom is 0.194 e. The van der Waals surface area contributed by atoms with E-state index in [-0.39, 0.29) is 0 Å². The van der Waals surface area contributed by atoms with Crippen molar-refractivity contribution in [3.05, 3.63) is 47.0 Å². The van der Waals surface area contributed by atoms with Crippen LogP contribution in [-0.2, 0) is 20.1 Å². The van der Waals surface area contributed by atoms with Crippen LogP contribution in [0.1, 0.15) is 31.2 Å². The first-order chi connectivity index (χ1) is 14.1. The van der Waals surface area contributed by atoms with E-state index in [1.165, 1.54) is 18.4 Å². The van der Waals surface area contributed by atoms with Gasteiger partial charge in [0.2, 0.25) is 0 Å². The van der Waals surface area contributed by atoms with Crippen molar-refractivity contribution in [1.82, 2.24) is 29.9 Å². The molecule has 0 radical (unpaired) electrons. The Labute approximate surface area is 178 Å². The Morgan fingerprint density at radius 3 is 2.72 bits per heavy atom. The minimum Gasteiger partial charge on any atom is -0.357 e. The first-order valence-electron chi connectivity index (χ1n) is 10.3. The van der Waals surface area contributed by atoms with Gasteiger partial charge < -0.3 is 10.2 Å². The van der Waals surface area contributed by atoms with Crippen molar-refractivity contribution in [1.29, 1.82) is 0 Å². The molecule has 2 aromatic rings. The molecule has 7 nitrogen and oxygen atoms in total. The summed E-state index contributed by atoms with van der Waals surface area (Å²) in [6.45, 7) is 7.59. The lowest BCUT2D eigenvalue weighted by Gasteiger charge is -2.32. The molecule has 1 N–H and O–H groups in total. The highest BCUT2D eigenvalue weighted by molar-refractivity contribution is 6.31.